The fraction of sp³-hybridized carbons (Fsp3) is 0.480. The summed E-state index contributed by atoms with van der Waals surface area (Å²) in [7, 11) is 1.78. The van der Waals surface area contributed by atoms with Gasteiger partial charge in [-0.1, -0.05) is 6.92 Å². The van der Waals surface area contributed by atoms with Crippen LogP contribution in [-0.2, 0) is 11.8 Å². The van der Waals surface area contributed by atoms with E-state index >= 15 is 0 Å². The van der Waals surface area contributed by atoms with Crippen LogP contribution in [0.4, 0.5) is 4.79 Å². The Morgan fingerprint density at radius 3 is 2.61 bits per heavy atom. The molecule has 2 aromatic heterocycles. The molecule has 0 radical (unpaired) electrons. The summed E-state index contributed by atoms with van der Waals surface area (Å²) in [5.74, 6) is 0.943. The highest BCUT2D eigenvalue weighted by atomic mass is 127. The van der Waals surface area contributed by atoms with Crippen LogP contribution in [0, 0.1) is 16.4 Å². The number of carbonyl (C=O) groups is 1. The molecule has 1 amide bonds. The molecule has 7 nitrogen and oxygen atoms in total. The molecule has 2 unspecified atom stereocenters. The van der Waals surface area contributed by atoms with E-state index in [4.69, 9.17) is 9.47 Å². The molecule has 3 aromatic rings. The van der Waals surface area contributed by atoms with E-state index < -0.39 is 11.7 Å². The van der Waals surface area contributed by atoms with Gasteiger partial charge in [0.05, 0.1) is 26.8 Å². The molecule has 2 heterocycles. The Morgan fingerprint density at radius 1 is 1.24 bits per heavy atom. The van der Waals surface area contributed by atoms with Gasteiger partial charge in [-0.25, -0.2) is 4.79 Å². The highest BCUT2D eigenvalue weighted by Gasteiger charge is 2.19. The summed E-state index contributed by atoms with van der Waals surface area (Å²) < 4.78 is 14.1. The van der Waals surface area contributed by atoms with Crippen LogP contribution in [-0.4, -0.2) is 33.9 Å². The number of halogens is 1. The van der Waals surface area contributed by atoms with Gasteiger partial charge in [-0.3, -0.25) is 9.78 Å². The maximum absolute atomic E-state index is 13.0. The highest BCUT2D eigenvalue weighted by Crippen LogP contribution is 2.31. The summed E-state index contributed by atoms with van der Waals surface area (Å²) in [5.41, 5.74) is 0.964. The first-order valence-corrected chi connectivity index (χ1v) is 12.1. The summed E-state index contributed by atoms with van der Waals surface area (Å²) in [6, 6.07) is 5.84. The van der Waals surface area contributed by atoms with Crippen molar-refractivity contribution in [2.75, 3.05) is 6.61 Å². The zero-order valence-corrected chi connectivity index (χ0v) is 22.4. The summed E-state index contributed by atoms with van der Waals surface area (Å²) >= 11 is 2.27. The predicted molar refractivity (Wildman–Crippen MR) is 140 cm³/mol. The van der Waals surface area contributed by atoms with Crippen molar-refractivity contribution in [1.82, 2.24) is 14.9 Å². The average molecular weight is 565 g/mol. The van der Waals surface area contributed by atoms with E-state index in [2.05, 4.69) is 45.9 Å². The van der Waals surface area contributed by atoms with Crippen LogP contribution in [0.1, 0.15) is 46.7 Å². The minimum absolute atomic E-state index is 0.0434. The third kappa shape index (κ3) is 5.96. The zero-order valence-electron chi connectivity index (χ0n) is 20.3. The number of pyridine rings is 2. The summed E-state index contributed by atoms with van der Waals surface area (Å²) in [5, 5.41) is 5.43. The number of nitrogens with one attached hydrogen (secondary N) is 1. The second kappa shape index (κ2) is 9.87. The lowest BCUT2D eigenvalue weighted by atomic mass is 10.0. The SMILES string of the molecule is Cc1nccc2c1c(=O)n(C)c1cc(OCC(C)CC(C)NC(=O)OC(C)(C)C)c(I)cc21. The van der Waals surface area contributed by atoms with Gasteiger partial charge in [0.1, 0.15) is 11.4 Å². The van der Waals surface area contributed by atoms with Crippen LogP contribution in [0.15, 0.2) is 29.2 Å². The van der Waals surface area contributed by atoms with Gasteiger partial charge in [0, 0.05) is 30.7 Å². The molecular weight excluding hydrogens is 533 g/mol. The van der Waals surface area contributed by atoms with Crippen molar-refractivity contribution < 1.29 is 14.3 Å². The summed E-state index contributed by atoms with van der Waals surface area (Å²) in [6.45, 7) is 11.9. The van der Waals surface area contributed by atoms with Crippen molar-refractivity contribution >= 4 is 50.4 Å². The Hall–Kier alpha value is -2.36. The van der Waals surface area contributed by atoms with Gasteiger partial charge >= 0.3 is 6.09 Å². The molecule has 3 rings (SSSR count). The molecule has 0 bridgehead atoms. The Morgan fingerprint density at radius 2 is 1.94 bits per heavy atom. The molecular formula is C25H32IN3O4. The maximum Gasteiger partial charge on any atom is 0.407 e. The van der Waals surface area contributed by atoms with E-state index in [9.17, 15) is 9.59 Å². The number of aromatic nitrogens is 2. The molecule has 0 aliphatic carbocycles. The lowest BCUT2D eigenvalue weighted by Crippen LogP contribution is -2.38. The van der Waals surface area contributed by atoms with E-state index in [0.717, 1.165) is 37.7 Å². The second-order valence-electron chi connectivity index (χ2n) is 9.68. The number of amides is 1. The molecule has 0 fully saturated rings. The second-order valence-corrected chi connectivity index (χ2v) is 10.8. The van der Waals surface area contributed by atoms with E-state index in [1.807, 2.05) is 46.8 Å². The van der Waals surface area contributed by atoms with Crippen LogP contribution in [0.25, 0.3) is 21.7 Å². The first kappa shape index (κ1) is 25.3. The van der Waals surface area contributed by atoms with Gasteiger partial charge in [0.15, 0.2) is 0 Å². The number of nitrogens with zero attached hydrogens (tertiary/aromatic N) is 2. The molecule has 2 atom stereocenters. The van der Waals surface area contributed by atoms with Gasteiger partial charge in [-0.2, -0.15) is 0 Å². The van der Waals surface area contributed by atoms with Crippen molar-refractivity contribution in [2.24, 2.45) is 13.0 Å². The predicted octanol–water partition coefficient (Wildman–Crippen LogP) is 5.32. The topological polar surface area (TPSA) is 82.5 Å². The Kier molecular flexibility index (Phi) is 7.55. The van der Waals surface area contributed by atoms with Crippen molar-refractivity contribution in [2.45, 2.75) is 59.6 Å². The molecule has 178 valence electrons. The zero-order chi connectivity index (χ0) is 24.5. The van der Waals surface area contributed by atoms with E-state index in [0.29, 0.717) is 12.0 Å². The molecule has 1 N–H and O–H groups in total. The van der Waals surface area contributed by atoms with Crippen LogP contribution < -0.4 is 15.6 Å². The number of fused-ring (bicyclic) bond motifs is 3. The average Bonchev–Trinajstić information content (AvgIpc) is 2.69. The van der Waals surface area contributed by atoms with E-state index in [-0.39, 0.29) is 17.5 Å². The Balaban J connectivity index is 1.75. The van der Waals surface area contributed by atoms with E-state index in [1.54, 1.807) is 17.8 Å². The lowest BCUT2D eigenvalue weighted by molar-refractivity contribution is 0.0500. The molecule has 0 saturated heterocycles. The quantitative estimate of drug-likeness (QED) is 0.323. The number of alkyl carbamates (subject to hydrolysis) is 1. The third-order valence-corrected chi connectivity index (χ3v) is 6.25. The summed E-state index contributed by atoms with van der Waals surface area (Å²) in [6.07, 6.45) is 2.08. The van der Waals surface area contributed by atoms with Crippen LogP contribution in [0.2, 0.25) is 0 Å². The lowest BCUT2D eigenvalue weighted by Gasteiger charge is -2.23. The standard InChI is InChI=1S/C25H32IN3O4/c1-14(10-15(2)28-24(31)33-25(4,5)6)13-32-21-12-20-18(11-19(21)26)17-8-9-27-16(3)22(17)23(30)29(20)7/h8-9,11-12,14-15H,10,13H2,1-7H3,(H,28,31). The smallest absolute Gasteiger partial charge is 0.407 e. The number of hydrogen-bond acceptors (Lipinski definition) is 5. The number of benzene rings is 1. The Bertz CT molecular complexity index is 1250. The largest absolute Gasteiger partial charge is 0.492 e. The van der Waals surface area contributed by atoms with Crippen LogP contribution in [0.5, 0.6) is 5.75 Å². The Labute approximate surface area is 208 Å². The monoisotopic (exact) mass is 565 g/mol. The van der Waals surface area contributed by atoms with Gasteiger partial charge in [-0.15, -0.1) is 0 Å². The molecule has 0 spiro atoms. The van der Waals surface area contributed by atoms with Crippen molar-refractivity contribution in [3.63, 3.8) is 0 Å². The molecule has 1 aromatic carbocycles. The maximum atomic E-state index is 13.0. The number of aryl methyl sites for hydroxylation is 2. The minimum atomic E-state index is -0.522. The normalized spacial score (nSPS) is 13.7. The van der Waals surface area contributed by atoms with Crippen molar-refractivity contribution in [1.29, 1.82) is 0 Å². The van der Waals surface area contributed by atoms with Crippen molar-refractivity contribution in [3.05, 3.63) is 44.0 Å². The van der Waals surface area contributed by atoms with E-state index in [1.165, 1.54) is 0 Å². The van der Waals surface area contributed by atoms with Crippen LogP contribution >= 0.6 is 22.6 Å². The minimum Gasteiger partial charge on any atom is -0.492 e. The number of hydrogen-bond donors (Lipinski definition) is 1. The summed E-state index contributed by atoms with van der Waals surface area (Å²) in [4.78, 5) is 29.2. The molecule has 0 aliphatic rings. The number of carbonyl (C=O) groups excluding carboxylic acids is 1. The van der Waals surface area contributed by atoms with Gasteiger partial charge < -0.3 is 19.4 Å². The number of rotatable bonds is 6. The first-order valence-electron chi connectivity index (χ1n) is 11.1. The fourth-order valence-electron chi connectivity index (χ4n) is 3.96. The van der Waals surface area contributed by atoms with Gasteiger partial charge in [0.2, 0.25) is 0 Å². The van der Waals surface area contributed by atoms with Gasteiger partial charge in [-0.05, 0) is 87.1 Å². The fourth-order valence-corrected chi connectivity index (χ4v) is 4.58. The van der Waals surface area contributed by atoms with Gasteiger partial charge in [0.25, 0.3) is 5.56 Å². The highest BCUT2D eigenvalue weighted by molar-refractivity contribution is 14.1. The molecule has 0 saturated carbocycles. The van der Waals surface area contributed by atoms with Crippen molar-refractivity contribution in [3.8, 4) is 5.75 Å². The molecule has 33 heavy (non-hydrogen) atoms. The number of ether oxygens (including phenoxy) is 2. The molecule has 0 aliphatic heterocycles. The third-order valence-electron chi connectivity index (χ3n) is 5.40. The van der Waals surface area contributed by atoms with Crippen LogP contribution in [0.3, 0.4) is 0 Å². The molecule has 8 heteroatoms. The first-order chi connectivity index (χ1) is 15.4.